The van der Waals surface area contributed by atoms with Gasteiger partial charge in [0.15, 0.2) is 0 Å². The van der Waals surface area contributed by atoms with Crippen molar-refractivity contribution in [2.75, 3.05) is 13.1 Å². The van der Waals surface area contributed by atoms with E-state index in [0.29, 0.717) is 0 Å². The smallest absolute Gasteiger partial charge is 0.0659 e. The van der Waals surface area contributed by atoms with E-state index in [1.54, 1.807) is 0 Å². The molecule has 5 heterocycles. The van der Waals surface area contributed by atoms with Gasteiger partial charge in [-0.2, -0.15) is 0 Å². The number of aromatic amines is 2. The highest BCUT2D eigenvalue weighted by Gasteiger charge is 2.05. The molecule has 5 heteroatoms. The van der Waals surface area contributed by atoms with E-state index in [2.05, 4.69) is 69.7 Å². The van der Waals surface area contributed by atoms with Gasteiger partial charge in [-0.15, -0.1) is 0 Å². The molecule has 0 radical (unpaired) electrons. The summed E-state index contributed by atoms with van der Waals surface area (Å²) in [6.07, 6.45) is 12.8. The zero-order valence-corrected chi connectivity index (χ0v) is 18.5. The van der Waals surface area contributed by atoms with Crippen LogP contribution < -0.4 is 5.32 Å². The SMILES string of the molecule is CCCCNCCCc1cc2cc3ccc(cc4nc(cc5nc(cc1[nH]2)C=C5)C=C4)[nH]3. The Balaban J connectivity index is 1.56. The van der Waals surface area contributed by atoms with Crippen LogP contribution in [0.4, 0.5) is 0 Å². The Labute approximate surface area is 188 Å². The summed E-state index contributed by atoms with van der Waals surface area (Å²) in [6, 6.07) is 14.9. The summed E-state index contributed by atoms with van der Waals surface area (Å²) < 4.78 is 0. The number of unbranched alkanes of at least 4 members (excludes halogenated alkanes) is 1. The monoisotopic (exact) mass is 423 g/mol. The molecule has 5 rings (SSSR count). The number of aromatic nitrogens is 4. The van der Waals surface area contributed by atoms with Crippen molar-refractivity contribution in [3.8, 4) is 0 Å². The third-order valence-corrected chi connectivity index (χ3v) is 5.76. The molecule has 3 aromatic rings. The lowest BCUT2D eigenvalue weighted by molar-refractivity contribution is 0.617. The van der Waals surface area contributed by atoms with E-state index in [-0.39, 0.29) is 0 Å². The van der Waals surface area contributed by atoms with Crippen molar-refractivity contribution in [2.24, 2.45) is 0 Å². The van der Waals surface area contributed by atoms with Crippen molar-refractivity contribution >= 4 is 46.4 Å². The fraction of sp³-hybridized carbons (Fsp3) is 0.259. The van der Waals surface area contributed by atoms with Crippen LogP contribution in [0, 0.1) is 0 Å². The topological polar surface area (TPSA) is 69.4 Å². The van der Waals surface area contributed by atoms with Crippen LogP contribution in [-0.4, -0.2) is 33.0 Å². The zero-order valence-electron chi connectivity index (χ0n) is 18.5. The molecule has 0 aromatic carbocycles. The van der Waals surface area contributed by atoms with E-state index >= 15 is 0 Å². The fourth-order valence-corrected chi connectivity index (χ4v) is 4.12. The van der Waals surface area contributed by atoms with Crippen molar-refractivity contribution in [3.05, 3.63) is 70.8 Å². The van der Waals surface area contributed by atoms with Crippen LogP contribution >= 0.6 is 0 Å². The van der Waals surface area contributed by atoms with E-state index in [1.807, 2.05) is 24.3 Å². The van der Waals surface area contributed by atoms with Crippen LogP contribution in [0.2, 0.25) is 0 Å². The van der Waals surface area contributed by atoms with Gasteiger partial charge in [-0.3, -0.25) is 0 Å². The highest BCUT2D eigenvalue weighted by Crippen LogP contribution is 2.20. The summed E-state index contributed by atoms with van der Waals surface area (Å²) in [7, 11) is 0. The van der Waals surface area contributed by atoms with Crippen molar-refractivity contribution < 1.29 is 0 Å². The van der Waals surface area contributed by atoms with Gasteiger partial charge in [0.1, 0.15) is 0 Å². The molecule has 0 atom stereocenters. The highest BCUT2D eigenvalue weighted by molar-refractivity contribution is 5.78. The van der Waals surface area contributed by atoms with Crippen LogP contribution in [-0.2, 0) is 6.42 Å². The van der Waals surface area contributed by atoms with Gasteiger partial charge in [-0.05, 0) is 105 Å². The number of rotatable bonds is 7. The Kier molecular flexibility index (Phi) is 5.99. The van der Waals surface area contributed by atoms with Gasteiger partial charge in [0.2, 0.25) is 0 Å². The van der Waals surface area contributed by atoms with Crippen LogP contribution in [0.3, 0.4) is 0 Å². The second-order valence-electron chi connectivity index (χ2n) is 8.41. The molecule has 162 valence electrons. The maximum absolute atomic E-state index is 4.78. The molecular weight excluding hydrogens is 394 g/mol. The lowest BCUT2D eigenvalue weighted by atomic mass is 10.1. The Bertz CT molecular complexity index is 1320. The molecule has 3 aromatic heterocycles. The normalized spacial score (nSPS) is 12.5. The number of hydrogen-bond acceptors (Lipinski definition) is 3. The number of hydrogen-bond donors (Lipinski definition) is 3. The summed E-state index contributed by atoms with van der Waals surface area (Å²) in [5.41, 5.74) is 9.40. The van der Waals surface area contributed by atoms with Crippen LogP contribution in [0.5, 0.6) is 0 Å². The first-order valence-electron chi connectivity index (χ1n) is 11.5. The van der Waals surface area contributed by atoms with E-state index in [0.717, 1.165) is 70.8 Å². The highest BCUT2D eigenvalue weighted by atomic mass is 14.8. The molecule has 3 N–H and O–H groups in total. The van der Waals surface area contributed by atoms with E-state index in [4.69, 9.17) is 4.98 Å². The van der Waals surface area contributed by atoms with Gasteiger partial charge in [-0.1, -0.05) is 13.3 Å². The largest absolute Gasteiger partial charge is 0.355 e. The Morgan fingerprint density at radius 3 is 2.09 bits per heavy atom. The fourth-order valence-electron chi connectivity index (χ4n) is 4.12. The van der Waals surface area contributed by atoms with Crippen LogP contribution in [0.1, 0.15) is 54.5 Å². The molecule has 0 unspecified atom stereocenters. The number of fused-ring (bicyclic) bond motifs is 8. The lowest BCUT2D eigenvalue weighted by Gasteiger charge is -2.03. The summed E-state index contributed by atoms with van der Waals surface area (Å²) in [5.74, 6) is 0. The first kappa shape index (κ1) is 20.5. The predicted molar refractivity (Wildman–Crippen MR) is 135 cm³/mol. The van der Waals surface area contributed by atoms with Gasteiger partial charge in [0, 0.05) is 22.1 Å². The molecule has 0 fully saturated rings. The minimum absolute atomic E-state index is 0.921. The summed E-state index contributed by atoms with van der Waals surface area (Å²) in [6.45, 7) is 4.37. The maximum atomic E-state index is 4.78. The summed E-state index contributed by atoms with van der Waals surface area (Å²) >= 11 is 0. The van der Waals surface area contributed by atoms with Crippen LogP contribution in [0.15, 0.2) is 42.5 Å². The maximum Gasteiger partial charge on any atom is 0.0659 e. The molecule has 0 amide bonds. The summed E-state index contributed by atoms with van der Waals surface area (Å²) in [5, 5.41) is 3.55. The molecule has 32 heavy (non-hydrogen) atoms. The molecule has 0 saturated carbocycles. The van der Waals surface area contributed by atoms with E-state index in [9.17, 15) is 0 Å². The van der Waals surface area contributed by atoms with Crippen molar-refractivity contribution in [1.29, 1.82) is 0 Å². The number of nitrogens with zero attached hydrogens (tertiary/aromatic N) is 2. The first-order chi connectivity index (χ1) is 15.7. The predicted octanol–water partition coefficient (Wildman–Crippen LogP) is 5.98. The number of aryl methyl sites for hydroxylation is 1. The quantitative estimate of drug-likeness (QED) is 0.282. The zero-order chi connectivity index (χ0) is 21.8. The molecule has 0 spiro atoms. The average molecular weight is 424 g/mol. The Hall–Kier alpha value is -3.44. The molecular formula is C27H29N5. The summed E-state index contributed by atoms with van der Waals surface area (Å²) in [4.78, 5) is 16.5. The Morgan fingerprint density at radius 2 is 1.34 bits per heavy atom. The van der Waals surface area contributed by atoms with E-state index < -0.39 is 0 Å². The van der Waals surface area contributed by atoms with Gasteiger partial charge in [0.25, 0.3) is 0 Å². The van der Waals surface area contributed by atoms with Gasteiger partial charge in [0.05, 0.1) is 22.8 Å². The molecule has 2 aliphatic heterocycles. The third-order valence-electron chi connectivity index (χ3n) is 5.76. The van der Waals surface area contributed by atoms with Crippen molar-refractivity contribution in [3.63, 3.8) is 0 Å². The first-order valence-corrected chi connectivity index (χ1v) is 11.5. The van der Waals surface area contributed by atoms with E-state index in [1.165, 1.54) is 18.4 Å². The standard InChI is InChI=1S/C27H29N5/c1-2-3-12-28-13-4-5-19-14-26-17-24-9-8-22(30-24)15-20-6-7-21(29-20)16-23-10-11-25(31-23)18-27(19)32-26/h6-11,14-18,28,30,32H,2-5,12-13H2,1H3. The molecule has 0 aliphatic carbocycles. The van der Waals surface area contributed by atoms with Gasteiger partial charge < -0.3 is 15.3 Å². The number of H-pyrrole nitrogens is 2. The molecule has 2 aliphatic rings. The third kappa shape index (κ3) is 4.89. The van der Waals surface area contributed by atoms with Crippen LogP contribution in [0.25, 0.3) is 46.4 Å². The Morgan fingerprint density at radius 1 is 0.688 bits per heavy atom. The molecule has 5 nitrogen and oxygen atoms in total. The number of nitrogens with one attached hydrogen (secondary N) is 3. The molecule has 0 saturated heterocycles. The van der Waals surface area contributed by atoms with Crippen molar-refractivity contribution in [2.45, 2.75) is 32.6 Å². The van der Waals surface area contributed by atoms with Gasteiger partial charge >= 0.3 is 0 Å². The molecule has 8 bridgehead atoms. The second kappa shape index (κ2) is 9.37. The second-order valence-corrected chi connectivity index (χ2v) is 8.41. The lowest BCUT2D eigenvalue weighted by Crippen LogP contribution is -2.16. The minimum Gasteiger partial charge on any atom is -0.355 e. The van der Waals surface area contributed by atoms with Gasteiger partial charge in [-0.25, -0.2) is 9.97 Å². The average Bonchev–Trinajstić information content (AvgIpc) is 3.56. The van der Waals surface area contributed by atoms with Crippen molar-refractivity contribution in [1.82, 2.24) is 25.3 Å². The minimum atomic E-state index is 0.921.